The van der Waals surface area contributed by atoms with Crippen LogP contribution in [0, 0.1) is 0 Å². The molecule has 0 bridgehead atoms. The predicted octanol–water partition coefficient (Wildman–Crippen LogP) is 4.73. The first-order valence-electron chi connectivity index (χ1n) is 8.62. The van der Waals surface area contributed by atoms with Crippen molar-refractivity contribution in [2.45, 2.75) is 84.0 Å². The van der Waals surface area contributed by atoms with E-state index in [1.807, 2.05) is 0 Å². The zero-order valence-corrected chi connectivity index (χ0v) is 14.7. The minimum Gasteiger partial charge on any atom is -0.331 e. The summed E-state index contributed by atoms with van der Waals surface area (Å²) in [6.45, 7) is 3.62. The number of hydrogen-bond acceptors (Lipinski definition) is 2. The third-order valence-corrected chi connectivity index (χ3v) is 3.68. The van der Waals surface area contributed by atoms with Crippen molar-refractivity contribution in [1.82, 2.24) is 0 Å². The molecule has 0 aliphatic heterocycles. The van der Waals surface area contributed by atoms with Crippen LogP contribution in [0.1, 0.15) is 84.0 Å². The summed E-state index contributed by atoms with van der Waals surface area (Å²) in [4.78, 5) is 0. The van der Waals surface area contributed by atoms with Crippen LogP contribution in [-0.2, 0) is 0 Å². The molecule has 0 atom stereocenters. The normalized spacial score (nSPS) is 11.1. The lowest BCUT2D eigenvalue weighted by molar-refractivity contribution is -0.870. The summed E-state index contributed by atoms with van der Waals surface area (Å²) in [5.41, 5.74) is 0. The molecular formula is C17H41N2O+. The average Bonchev–Trinajstić information content (AvgIpc) is 2.41. The summed E-state index contributed by atoms with van der Waals surface area (Å²) < 4.78 is 1.12. The van der Waals surface area contributed by atoms with Crippen LogP contribution in [0.2, 0.25) is 0 Å². The molecule has 0 rings (SSSR count). The van der Waals surface area contributed by atoms with Crippen LogP contribution in [0.15, 0.2) is 0 Å². The van der Waals surface area contributed by atoms with Crippen LogP contribution in [0.4, 0.5) is 0 Å². The Hall–Kier alpha value is -0.120. The van der Waals surface area contributed by atoms with E-state index in [0.717, 1.165) is 4.48 Å². The molecule has 0 aromatic heterocycles. The highest BCUT2D eigenvalue weighted by Crippen LogP contribution is 2.12. The second-order valence-corrected chi connectivity index (χ2v) is 6.90. The molecule has 0 unspecified atom stereocenters. The minimum absolute atomic E-state index is 1.12. The zero-order valence-electron chi connectivity index (χ0n) is 14.7. The van der Waals surface area contributed by atoms with Crippen molar-refractivity contribution in [3.8, 4) is 0 Å². The zero-order chi connectivity index (χ0) is 15.7. The largest absolute Gasteiger partial charge is 0.331 e. The van der Waals surface area contributed by atoms with Gasteiger partial charge < -0.3 is 9.69 Å². The fourth-order valence-corrected chi connectivity index (χ4v) is 2.43. The quantitative estimate of drug-likeness (QED) is 0.292. The summed E-state index contributed by atoms with van der Waals surface area (Å²) in [6, 6.07) is 0. The first kappa shape index (κ1) is 22.2. The molecule has 0 aromatic rings. The lowest BCUT2D eigenvalue weighted by atomic mass is 10.1. The van der Waals surface area contributed by atoms with E-state index in [2.05, 4.69) is 34.0 Å². The first-order chi connectivity index (χ1) is 9.56. The lowest BCUT2D eigenvalue weighted by Gasteiger charge is -2.23. The van der Waals surface area contributed by atoms with E-state index in [1.54, 1.807) is 0 Å². The third kappa shape index (κ3) is 23.0. The van der Waals surface area contributed by atoms with Gasteiger partial charge in [0.15, 0.2) is 0 Å². The van der Waals surface area contributed by atoms with Crippen molar-refractivity contribution in [2.24, 2.45) is 5.90 Å². The first-order valence-corrected chi connectivity index (χ1v) is 8.62. The maximum Gasteiger partial charge on any atom is 0.0780 e. The van der Waals surface area contributed by atoms with Crippen LogP contribution in [0.3, 0.4) is 0 Å². The number of quaternary nitrogens is 1. The van der Waals surface area contributed by atoms with Crippen LogP contribution in [0.25, 0.3) is 0 Å². The molecule has 0 spiro atoms. The Morgan fingerprint density at radius 2 is 0.900 bits per heavy atom. The Balaban J connectivity index is 0. The molecule has 0 saturated carbocycles. The molecular weight excluding hydrogens is 248 g/mol. The molecule has 0 aliphatic carbocycles. The average molecular weight is 290 g/mol. The molecule has 0 amide bonds. The van der Waals surface area contributed by atoms with Gasteiger partial charge in [0.05, 0.1) is 27.7 Å². The number of nitrogens with two attached hydrogens (primary N) is 1. The van der Waals surface area contributed by atoms with E-state index in [9.17, 15) is 0 Å². The van der Waals surface area contributed by atoms with E-state index in [1.165, 1.54) is 83.6 Å². The van der Waals surface area contributed by atoms with Crippen molar-refractivity contribution in [2.75, 3.05) is 27.7 Å². The van der Waals surface area contributed by atoms with Gasteiger partial charge in [-0.3, -0.25) is 0 Å². The number of hydrogen-bond donors (Lipinski definition) is 2. The molecule has 0 aromatic carbocycles. The van der Waals surface area contributed by atoms with E-state index >= 15 is 0 Å². The van der Waals surface area contributed by atoms with Gasteiger partial charge in [-0.15, -0.1) is 0 Å². The molecule has 0 heterocycles. The Morgan fingerprint density at radius 3 is 1.20 bits per heavy atom. The second-order valence-electron chi connectivity index (χ2n) is 6.90. The summed E-state index contributed by atoms with van der Waals surface area (Å²) in [5, 5.41) is 6.50. The third-order valence-electron chi connectivity index (χ3n) is 3.68. The van der Waals surface area contributed by atoms with Crippen molar-refractivity contribution < 1.29 is 9.69 Å². The lowest BCUT2D eigenvalue weighted by Crippen LogP contribution is -2.35. The van der Waals surface area contributed by atoms with E-state index < -0.39 is 0 Å². The standard InChI is InChI=1S/C17H38N.H3NO/c1-5-6-7-8-9-10-11-12-13-14-15-16-17-18(2,3)4;1-2/h5-17H2,1-4H3;2H,1H2/q+1;. The van der Waals surface area contributed by atoms with Gasteiger partial charge in [-0.05, 0) is 12.8 Å². The van der Waals surface area contributed by atoms with Crippen molar-refractivity contribution >= 4 is 0 Å². The summed E-state index contributed by atoms with van der Waals surface area (Å²) in [7, 11) is 6.87. The molecule has 0 aliphatic rings. The Bertz CT molecular complexity index is 167. The van der Waals surface area contributed by atoms with Crippen molar-refractivity contribution in [3.05, 3.63) is 0 Å². The molecule has 0 fully saturated rings. The number of nitrogens with zero attached hydrogens (tertiary/aromatic N) is 1. The molecule has 3 nitrogen and oxygen atoms in total. The maximum atomic E-state index is 6.50. The van der Waals surface area contributed by atoms with Crippen LogP contribution < -0.4 is 5.90 Å². The smallest absolute Gasteiger partial charge is 0.0780 e. The molecule has 0 radical (unpaired) electrons. The van der Waals surface area contributed by atoms with Gasteiger partial charge in [0.2, 0.25) is 0 Å². The van der Waals surface area contributed by atoms with Crippen LogP contribution in [0.5, 0.6) is 0 Å². The number of unbranched alkanes of at least 4 members (excludes halogenated alkanes) is 11. The van der Waals surface area contributed by atoms with Crippen LogP contribution in [-0.4, -0.2) is 37.4 Å². The van der Waals surface area contributed by atoms with Gasteiger partial charge in [0.25, 0.3) is 0 Å². The SMILES string of the molecule is CCCCCCCCCCCCCC[N+](C)(C)C.NO. The molecule has 3 heteroatoms. The Morgan fingerprint density at radius 1 is 0.600 bits per heavy atom. The highest BCUT2D eigenvalue weighted by molar-refractivity contribution is 4.48. The number of rotatable bonds is 13. The maximum absolute atomic E-state index is 6.50. The van der Waals surface area contributed by atoms with Gasteiger partial charge in [-0.2, -0.15) is 0 Å². The molecule has 0 saturated heterocycles. The van der Waals surface area contributed by atoms with Crippen molar-refractivity contribution in [1.29, 1.82) is 0 Å². The van der Waals surface area contributed by atoms with Gasteiger partial charge in [0.1, 0.15) is 0 Å². The fourth-order valence-electron chi connectivity index (χ4n) is 2.43. The van der Waals surface area contributed by atoms with Crippen molar-refractivity contribution in [3.63, 3.8) is 0 Å². The van der Waals surface area contributed by atoms with E-state index in [-0.39, 0.29) is 0 Å². The second kappa shape index (κ2) is 16.9. The highest BCUT2D eigenvalue weighted by atomic mass is 16.4. The van der Waals surface area contributed by atoms with Gasteiger partial charge in [-0.25, -0.2) is 5.90 Å². The topological polar surface area (TPSA) is 46.2 Å². The molecule has 3 N–H and O–H groups in total. The van der Waals surface area contributed by atoms with E-state index in [4.69, 9.17) is 5.21 Å². The van der Waals surface area contributed by atoms with E-state index in [0.29, 0.717) is 0 Å². The Labute approximate surface area is 128 Å². The highest BCUT2D eigenvalue weighted by Gasteiger charge is 2.04. The fraction of sp³-hybridized carbons (Fsp3) is 1.00. The summed E-state index contributed by atoms with van der Waals surface area (Å²) in [6.07, 6.45) is 17.4. The minimum atomic E-state index is 1.12. The summed E-state index contributed by atoms with van der Waals surface area (Å²) in [5.74, 6) is 3.50. The van der Waals surface area contributed by atoms with Crippen LogP contribution >= 0.6 is 0 Å². The van der Waals surface area contributed by atoms with Gasteiger partial charge in [0, 0.05) is 0 Å². The monoisotopic (exact) mass is 289 g/mol. The Kier molecular flexibility index (Phi) is 18.8. The van der Waals surface area contributed by atoms with Gasteiger partial charge in [-0.1, -0.05) is 71.1 Å². The molecule has 20 heavy (non-hydrogen) atoms. The summed E-state index contributed by atoms with van der Waals surface area (Å²) >= 11 is 0. The predicted molar refractivity (Wildman–Crippen MR) is 90.0 cm³/mol. The van der Waals surface area contributed by atoms with Gasteiger partial charge >= 0.3 is 0 Å². The molecule has 124 valence electrons.